The third kappa shape index (κ3) is 3.39. The number of carbonyl (C=O) groups is 1. The van der Waals surface area contributed by atoms with Crippen molar-refractivity contribution in [2.75, 3.05) is 20.1 Å². The maximum atomic E-state index is 12.2. The van der Waals surface area contributed by atoms with Gasteiger partial charge in [-0.2, -0.15) is 5.10 Å². The topological polar surface area (TPSA) is 50.2 Å². The minimum atomic E-state index is -0.0208. The van der Waals surface area contributed by atoms with E-state index in [0.717, 1.165) is 18.7 Å². The number of hydrogen-bond donors (Lipinski definition) is 1. The smallest absolute Gasteiger partial charge is 0.269 e. The second kappa shape index (κ2) is 6.39. The summed E-state index contributed by atoms with van der Waals surface area (Å²) in [4.78, 5) is 14.6. The average Bonchev–Trinajstić information content (AvgIpc) is 2.96. The summed E-state index contributed by atoms with van der Waals surface area (Å²) in [5.41, 5.74) is 1.61. The Bertz CT molecular complexity index is 466. The van der Waals surface area contributed by atoms with Crippen LogP contribution in [-0.2, 0) is 7.05 Å². The number of nitrogens with one attached hydrogen (secondary N) is 1. The van der Waals surface area contributed by atoms with Gasteiger partial charge in [0.15, 0.2) is 0 Å². The quantitative estimate of drug-likeness (QED) is 0.893. The molecule has 112 valence electrons. The molecule has 1 fully saturated rings. The van der Waals surface area contributed by atoms with Gasteiger partial charge in [0, 0.05) is 19.6 Å². The molecule has 1 aromatic rings. The molecule has 2 heterocycles. The summed E-state index contributed by atoms with van der Waals surface area (Å²) in [5.74, 6) is 0.322. The van der Waals surface area contributed by atoms with Crippen molar-refractivity contribution in [2.24, 2.45) is 7.05 Å². The second-order valence-corrected chi connectivity index (χ2v) is 6.05. The van der Waals surface area contributed by atoms with E-state index in [1.54, 1.807) is 4.68 Å². The molecule has 0 bridgehead atoms. The third-order valence-corrected chi connectivity index (χ3v) is 4.16. The molecular formula is C15H26N4O. The Balaban J connectivity index is 1.85. The number of rotatable bonds is 5. The van der Waals surface area contributed by atoms with Gasteiger partial charge in [-0.1, -0.05) is 13.8 Å². The zero-order chi connectivity index (χ0) is 14.7. The van der Waals surface area contributed by atoms with Crippen molar-refractivity contribution in [1.29, 1.82) is 0 Å². The van der Waals surface area contributed by atoms with Gasteiger partial charge >= 0.3 is 0 Å². The van der Waals surface area contributed by atoms with E-state index in [-0.39, 0.29) is 5.91 Å². The van der Waals surface area contributed by atoms with E-state index in [0.29, 0.717) is 17.7 Å². The number of carbonyl (C=O) groups excluding carboxylic acids is 1. The molecule has 0 radical (unpaired) electrons. The van der Waals surface area contributed by atoms with E-state index in [4.69, 9.17) is 0 Å². The van der Waals surface area contributed by atoms with Gasteiger partial charge in [0.05, 0.1) is 5.69 Å². The summed E-state index contributed by atoms with van der Waals surface area (Å²) >= 11 is 0. The predicted octanol–water partition coefficient (Wildman–Crippen LogP) is 1.76. The van der Waals surface area contributed by atoms with E-state index in [9.17, 15) is 4.79 Å². The number of hydrogen-bond acceptors (Lipinski definition) is 3. The summed E-state index contributed by atoms with van der Waals surface area (Å²) in [6, 6.07) is 2.51. The number of amides is 1. The van der Waals surface area contributed by atoms with Crippen molar-refractivity contribution in [1.82, 2.24) is 20.0 Å². The molecule has 0 saturated carbocycles. The molecule has 1 aromatic heterocycles. The highest BCUT2D eigenvalue weighted by Gasteiger charge is 2.21. The molecule has 20 heavy (non-hydrogen) atoms. The van der Waals surface area contributed by atoms with Crippen LogP contribution < -0.4 is 5.32 Å². The van der Waals surface area contributed by atoms with Gasteiger partial charge in [-0.3, -0.25) is 9.48 Å². The van der Waals surface area contributed by atoms with Crippen LogP contribution in [0.1, 0.15) is 55.2 Å². The fraction of sp³-hybridized carbons (Fsp3) is 0.733. The van der Waals surface area contributed by atoms with Gasteiger partial charge in [0.1, 0.15) is 5.69 Å². The fourth-order valence-corrected chi connectivity index (χ4v) is 2.77. The SMILES string of the molecule is CC(C)c1cc(C(=O)NCC[C@H]2CCCN2C)n(C)n1. The summed E-state index contributed by atoms with van der Waals surface area (Å²) in [7, 11) is 3.99. The van der Waals surface area contributed by atoms with Gasteiger partial charge in [-0.25, -0.2) is 0 Å². The number of nitrogens with zero attached hydrogens (tertiary/aromatic N) is 3. The number of aromatic nitrogens is 2. The lowest BCUT2D eigenvalue weighted by Crippen LogP contribution is -2.32. The van der Waals surface area contributed by atoms with Crippen LogP contribution in [0.15, 0.2) is 6.07 Å². The number of likely N-dealkylation sites (tertiary alicyclic amines) is 1. The Morgan fingerprint density at radius 1 is 1.50 bits per heavy atom. The van der Waals surface area contributed by atoms with Crippen LogP contribution in [0.25, 0.3) is 0 Å². The molecule has 0 unspecified atom stereocenters. The largest absolute Gasteiger partial charge is 0.351 e. The maximum Gasteiger partial charge on any atom is 0.269 e. The fourth-order valence-electron chi connectivity index (χ4n) is 2.77. The molecule has 2 rings (SSSR count). The Labute approximate surface area is 121 Å². The van der Waals surface area contributed by atoms with Crippen LogP contribution in [0, 0.1) is 0 Å². The summed E-state index contributed by atoms with van der Waals surface area (Å²) in [6.07, 6.45) is 3.54. The monoisotopic (exact) mass is 278 g/mol. The molecule has 0 aliphatic carbocycles. The van der Waals surface area contributed by atoms with Crippen LogP contribution in [0.2, 0.25) is 0 Å². The lowest BCUT2D eigenvalue weighted by molar-refractivity contribution is 0.0941. The van der Waals surface area contributed by atoms with E-state index in [1.807, 2.05) is 13.1 Å². The van der Waals surface area contributed by atoms with Crippen molar-refractivity contribution < 1.29 is 4.79 Å². The van der Waals surface area contributed by atoms with E-state index in [2.05, 4.69) is 36.2 Å². The van der Waals surface area contributed by atoms with E-state index < -0.39 is 0 Å². The first-order valence-electron chi connectivity index (χ1n) is 7.51. The normalized spacial score (nSPS) is 19.8. The highest BCUT2D eigenvalue weighted by molar-refractivity contribution is 5.92. The molecule has 1 amide bonds. The lowest BCUT2D eigenvalue weighted by Gasteiger charge is -2.19. The summed E-state index contributed by atoms with van der Waals surface area (Å²) < 4.78 is 1.67. The van der Waals surface area contributed by atoms with Crippen molar-refractivity contribution in [2.45, 2.75) is 45.1 Å². The van der Waals surface area contributed by atoms with Crippen molar-refractivity contribution in [3.05, 3.63) is 17.5 Å². The van der Waals surface area contributed by atoms with Gasteiger partial charge in [0.2, 0.25) is 0 Å². The minimum absolute atomic E-state index is 0.0208. The highest BCUT2D eigenvalue weighted by Crippen LogP contribution is 2.17. The van der Waals surface area contributed by atoms with Gasteiger partial charge < -0.3 is 10.2 Å². The Morgan fingerprint density at radius 2 is 2.25 bits per heavy atom. The zero-order valence-corrected chi connectivity index (χ0v) is 13.0. The van der Waals surface area contributed by atoms with E-state index >= 15 is 0 Å². The third-order valence-electron chi connectivity index (χ3n) is 4.16. The molecule has 1 saturated heterocycles. The maximum absolute atomic E-state index is 12.2. The molecule has 1 atom stereocenters. The molecular weight excluding hydrogens is 252 g/mol. The van der Waals surface area contributed by atoms with E-state index in [1.165, 1.54) is 19.4 Å². The average molecular weight is 278 g/mol. The molecule has 1 N–H and O–H groups in total. The molecule has 0 aromatic carbocycles. The molecule has 1 aliphatic heterocycles. The molecule has 1 aliphatic rings. The van der Waals surface area contributed by atoms with Crippen LogP contribution in [0.3, 0.4) is 0 Å². The Hall–Kier alpha value is -1.36. The molecule has 0 spiro atoms. The van der Waals surface area contributed by atoms with Crippen molar-refractivity contribution in [3.8, 4) is 0 Å². The highest BCUT2D eigenvalue weighted by atomic mass is 16.2. The van der Waals surface area contributed by atoms with Gasteiger partial charge in [0.25, 0.3) is 5.91 Å². The lowest BCUT2D eigenvalue weighted by atomic mass is 10.1. The molecule has 5 nitrogen and oxygen atoms in total. The first kappa shape index (κ1) is 15.0. The molecule has 5 heteroatoms. The Morgan fingerprint density at radius 3 is 2.80 bits per heavy atom. The van der Waals surface area contributed by atoms with Crippen LogP contribution in [-0.4, -0.2) is 46.8 Å². The predicted molar refractivity (Wildman–Crippen MR) is 79.9 cm³/mol. The van der Waals surface area contributed by atoms with Crippen LogP contribution in [0.5, 0.6) is 0 Å². The van der Waals surface area contributed by atoms with Gasteiger partial charge in [-0.05, 0) is 44.8 Å². The van der Waals surface area contributed by atoms with Crippen LogP contribution in [0.4, 0.5) is 0 Å². The van der Waals surface area contributed by atoms with Gasteiger partial charge in [-0.15, -0.1) is 0 Å². The van der Waals surface area contributed by atoms with Crippen LogP contribution >= 0.6 is 0 Å². The number of aryl methyl sites for hydroxylation is 1. The summed E-state index contributed by atoms with van der Waals surface area (Å²) in [5, 5.41) is 7.39. The zero-order valence-electron chi connectivity index (χ0n) is 13.0. The first-order chi connectivity index (χ1) is 9.49. The standard InChI is InChI=1S/C15H26N4O/c1-11(2)13-10-14(19(4)17-13)15(20)16-8-7-12-6-5-9-18(12)3/h10-12H,5-9H2,1-4H3,(H,16,20)/t12-/m1/s1. The Kier molecular flexibility index (Phi) is 4.81. The second-order valence-electron chi connectivity index (χ2n) is 6.05. The minimum Gasteiger partial charge on any atom is -0.351 e. The first-order valence-corrected chi connectivity index (χ1v) is 7.51. The van der Waals surface area contributed by atoms with Crippen molar-refractivity contribution >= 4 is 5.91 Å². The summed E-state index contributed by atoms with van der Waals surface area (Å²) in [6.45, 7) is 6.08. The van der Waals surface area contributed by atoms with Crippen molar-refractivity contribution in [3.63, 3.8) is 0 Å².